The summed E-state index contributed by atoms with van der Waals surface area (Å²) in [5, 5.41) is 24.7. The number of hydrogen-bond donors (Lipinski definition) is 1. The molecule has 0 bridgehead atoms. The molecular weight excluding hydrogens is 582 g/mol. The fraction of sp³-hybridized carbons (Fsp3) is 0.382. The number of piperazine rings is 1. The van der Waals surface area contributed by atoms with Gasteiger partial charge in [-0.25, -0.2) is 13.8 Å². The van der Waals surface area contributed by atoms with Gasteiger partial charge in [0.15, 0.2) is 0 Å². The fourth-order valence-electron chi connectivity index (χ4n) is 7.46. The lowest BCUT2D eigenvalue weighted by molar-refractivity contribution is 0.111. The fourth-order valence-corrected chi connectivity index (χ4v) is 7.73. The molecule has 0 unspecified atom stereocenters. The molecule has 3 aliphatic rings. The van der Waals surface area contributed by atoms with Gasteiger partial charge in [0, 0.05) is 42.0 Å². The van der Waals surface area contributed by atoms with Crippen LogP contribution in [0.15, 0.2) is 42.5 Å². The molecule has 44 heavy (non-hydrogen) atoms. The normalized spacial score (nSPS) is 19.7. The van der Waals surface area contributed by atoms with Gasteiger partial charge in [0.2, 0.25) is 5.88 Å². The van der Waals surface area contributed by atoms with Gasteiger partial charge in [-0.15, -0.1) is 0 Å². The van der Waals surface area contributed by atoms with Crippen LogP contribution in [0.25, 0.3) is 32.8 Å². The Kier molecular flexibility index (Phi) is 7.50. The summed E-state index contributed by atoms with van der Waals surface area (Å²) < 4.78 is 37.2. The summed E-state index contributed by atoms with van der Waals surface area (Å²) in [7, 11) is 0. The third-order valence-electron chi connectivity index (χ3n) is 9.55. The number of hydrogen-bond acceptors (Lipinski definition) is 7. The molecule has 4 aromatic rings. The monoisotopic (exact) mass is 612 g/mol. The molecule has 4 heterocycles. The number of aromatic nitrogens is 1. The first-order chi connectivity index (χ1) is 21.4. The minimum atomic E-state index is -0.583. The summed E-state index contributed by atoms with van der Waals surface area (Å²) >= 11 is 6.42. The highest BCUT2D eigenvalue weighted by Crippen LogP contribution is 2.43. The van der Waals surface area contributed by atoms with E-state index in [1.807, 2.05) is 4.90 Å². The maximum absolute atomic E-state index is 16.2. The smallest absolute Gasteiger partial charge is 0.234 e. The lowest BCUT2D eigenvalue weighted by atomic mass is 9.95. The maximum atomic E-state index is 16.2. The molecule has 3 aromatic carbocycles. The first-order valence-electron chi connectivity index (χ1n) is 15.1. The van der Waals surface area contributed by atoms with Gasteiger partial charge in [0.1, 0.15) is 29.9 Å². The molecule has 7 rings (SSSR count). The minimum absolute atomic E-state index is 0.0613. The van der Waals surface area contributed by atoms with Crippen LogP contribution in [0, 0.1) is 34.3 Å². The van der Waals surface area contributed by atoms with Crippen LogP contribution < -0.4 is 15.0 Å². The van der Waals surface area contributed by atoms with Crippen molar-refractivity contribution in [1.29, 1.82) is 10.5 Å². The summed E-state index contributed by atoms with van der Waals surface area (Å²) in [6, 6.07) is 15.7. The van der Waals surface area contributed by atoms with Gasteiger partial charge >= 0.3 is 0 Å². The molecule has 10 heteroatoms. The van der Waals surface area contributed by atoms with E-state index in [1.54, 1.807) is 30.3 Å². The van der Waals surface area contributed by atoms with Crippen molar-refractivity contribution >= 4 is 39.0 Å². The van der Waals surface area contributed by atoms with Gasteiger partial charge in [0.25, 0.3) is 0 Å². The van der Waals surface area contributed by atoms with Gasteiger partial charge in [-0.2, -0.15) is 10.5 Å². The average molecular weight is 613 g/mol. The second kappa shape index (κ2) is 11.5. The molecular formula is C34H31ClF2N6O. The zero-order chi connectivity index (χ0) is 30.4. The van der Waals surface area contributed by atoms with Crippen molar-refractivity contribution < 1.29 is 13.5 Å². The zero-order valence-corrected chi connectivity index (χ0v) is 24.9. The molecule has 7 nitrogen and oxygen atoms in total. The Balaban J connectivity index is 1.40. The Morgan fingerprint density at radius 2 is 1.86 bits per heavy atom. The standard InChI is InChI=1S/C34H31ClF2N6O/c35-31-27(36)7-6-21-4-1-5-23(30(21)31)24-17-29-25(16-28(24)37)32(42-15-12-40-22(19-42)8-11-38)26(18-39)33(41-29)44-20-34-9-2-13-43(34)14-3-10-34/h1,4-7,16-17,22,40H,2-3,8-10,12-15,19-20H2/t22-/m0/s1. The number of nitriles is 2. The van der Waals surface area contributed by atoms with E-state index in [4.69, 9.17) is 21.3 Å². The van der Waals surface area contributed by atoms with E-state index in [9.17, 15) is 14.9 Å². The molecule has 3 aliphatic heterocycles. The van der Waals surface area contributed by atoms with Crippen LogP contribution in [0.5, 0.6) is 5.88 Å². The van der Waals surface area contributed by atoms with Crippen LogP contribution in [-0.4, -0.2) is 60.8 Å². The van der Waals surface area contributed by atoms with E-state index in [1.165, 1.54) is 12.1 Å². The van der Waals surface area contributed by atoms with E-state index >= 15 is 4.39 Å². The average Bonchev–Trinajstić information content (AvgIpc) is 3.62. The molecule has 224 valence electrons. The number of anilines is 1. The van der Waals surface area contributed by atoms with Crippen LogP contribution in [0.1, 0.15) is 37.7 Å². The molecule has 3 saturated heterocycles. The van der Waals surface area contributed by atoms with Crippen molar-refractivity contribution in [2.45, 2.75) is 43.7 Å². The minimum Gasteiger partial charge on any atom is -0.475 e. The molecule has 1 atom stereocenters. The third kappa shape index (κ3) is 4.80. The number of pyridine rings is 1. The van der Waals surface area contributed by atoms with Crippen molar-refractivity contribution in [2.75, 3.05) is 44.2 Å². The van der Waals surface area contributed by atoms with Crippen molar-refractivity contribution in [3.05, 3.63) is 64.7 Å². The number of fused-ring (bicyclic) bond motifs is 3. The first-order valence-corrected chi connectivity index (χ1v) is 15.5. The predicted molar refractivity (Wildman–Crippen MR) is 167 cm³/mol. The Morgan fingerprint density at radius 1 is 1.05 bits per heavy atom. The molecule has 0 amide bonds. The maximum Gasteiger partial charge on any atom is 0.234 e. The summed E-state index contributed by atoms with van der Waals surface area (Å²) in [4.78, 5) is 9.37. The number of halogens is 3. The van der Waals surface area contributed by atoms with Gasteiger partial charge in [-0.3, -0.25) is 4.90 Å². The van der Waals surface area contributed by atoms with E-state index in [0.717, 1.165) is 38.8 Å². The van der Waals surface area contributed by atoms with Gasteiger partial charge in [0.05, 0.1) is 34.3 Å². The third-order valence-corrected chi connectivity index (χ3v) is 9.92. The Morgan fingerprint density at radius 3 is 2.64 bits per heavy atom. The molecule has 1 aromatic heterocycles. The molecule has 0 aliphatic carbocycles. The van der Waals surface area contributed by atoms with E-state index in [-0.39, 0.29) is 33.6 Å². The van der Waals surface area contributed by atoms with Gasteiger partial charge in [-0.1, -0.05) is 35.9 Å². The Bertz CT molecular complexity index is 1860. The van der Waals surface area contributed by atoms with Gasteiger partial charge < -0.3 is 15.0 Å². The largest absolute Gasteiger partial charge is 0.475 e. The number of ether oxygens (including phenoxy) is 1. The predicted octanol–water partition coefficient (Wildman–Crippen LogP) is 6.56. The zero-order valence-electron chi connectivity index (χ0n) is 24.2. The second-order valence-corrected chi connectivity index (χ2v) is 12.4. The summed E-state index contributed by atoms with van der Waals surface area (Å²) in [6.45, 7) is 4.15. The summed E-state index contributed by atoms with van der Waals surface area (Å²) in [5.41, 5.74) is 1.88. The quantitative estimate of drug-likeness (QED) is 0.264. The second-order valence-electron chi connectivity index (χ2n) is 12.0. The highest BCUT2D eigenvalue weighted by Gasteiger charge is 2.45. The highest BCUT2D eigenvalue weighted by atomic mass is 35.5. The summed E-state index contributed by atoms with van der Waals surface area (Å²) in [6.07, 6.45) is 4.61. The highest BCUT2D eigenvalue weighted by molar-refractivity contribution is 6.37. The van der Waals surface area contributed by atoms with E-state index in [2.05, 4.69) is 22.4 Å². The van der Waals surface area contributed by atoms with Crippen LogP contribution in [-0.2, 0) is 0 Å². The van der Waals surface area contributed by atoms with E-state index in [0.29, 0.717) is 65.6 Å². The molecule has 1 N–H and O–H groups in total. The number of nitrogens with zero attached hydrogens (tertiary/aromatic N) is 5. The molecule has 0 saturated carbocycles. The SMILES string of the molecule is N#CC[C@H]1CN(c2c(C#N)c(OCC34CCCN3CCC4)nc3cc(-c4cccc5ccc(F)c(Cl)c45)c(F)cc23)CCN1. The van der Waals surface area contributed by atoms with Gasteiger partial charge in [-0.05, 0) is 67.9 Å². The lowest BCUT2D eigenvalue weighted by Crippen LogP contribution is -2.51. The molecule has 0 radical (unpaired) electrons. The number of benzene rings is 3. The van der Waals surface area contributed by atoms with Crippen LogP contribution >= 0.6 is 11.6 Å². The number of nitrogens with one attached hydrogen (secondary N) is 1. The van der Waals surface area contributed by atoms with Crippen LogP contribution in [0.4, 0.5) is 14.5 Å². The summed E-state index contributed by atoms with van der Waals surface area (Å²) in [5.74, 6) is -0.903. The Hall–Kier alpha value is -4.02. The first kappa shape index (κ1) is 28.7. The molecule has 3 fully saturated rings. The lowest BCUT2D eigenvalue weighted by Gasteiger charge is -2.36. The van der Waals surface area contributed by atoms with Crippen molar-refractivity contribution in [2.24, 2.45) is 0 Å². The van der Waals surface area contributed by atoms with Crippen molar-refractivity contribution in [3.63, 3.8) is 0 Å². The van der Waals surface area contributed by atoms with Crippen LogP contribution in [0.3, 0.4) is 0 Å². The van der Waals surface area contributed by atoms with Crippen molar-refractivity contribution in [1.82, 2.24) is 15.2 Å². The topological polar surface area (TPSA) is 88.2 Å². The van der Waals surface area contributed by atoms with Crippen LogP contribution in [0.2, 0.25) is 5.02 Å². The number of rotatable bonds is 6. The van der Waals surface area contributed by atoms with Crippen molar-refractivity contribution in [3.8, 4) is 29.1 Å². The molecule has 0 spiro atoms. The Labute approximate surface area is 259 Å². The van der Waals surface area contributed by atoms with E-state index < -0.39 is 11.6 Å².